The van der Waals surface area contributed by atoms with E-state index in [2.05, 4.69) is 49.3 Å². The number of hydrogen-bond donors (Lipinski definition) is 1. The Morgan fingerprint density at radius 3 is 2.26 bits per heavy atom. The fraction of sp³-hybridized carbons (Fsp3) is 0.133. The standard InChI is InChI=1S/C15H13Br2NO/c16-13-8-12(9-14(17)10-13)15(19)18-7-6-11-4-2-1-3-5-11/h1-5,8-10H,6-7H2,(H,18,19). The molecule has 0 unspecified atom stereocenters. The van der Waals surface area contributed by atoms with Crippen LogP contribution in [0.2, 0.25) is 0 Å². The molecule has 2 aromatic rings. The molecule has 2 nitrogen and oxygen atoms in total. The van der Waals surface area contributed by atoms with Crippen molar-refractivity contribution in [3.05, 3.63) is 68.6 Å². The van der Waals surface area contributed by atoms with Crippen molar-refractivity contribution in [2.75, 3.05) is 6.54 Å². The Morgan fingerprint density at radius 1 is 1.00 bits per heavy atom. The molecule has 1 N–H and O–H groups in total. The zero-order valence-corrected chi connectivity index (χ0v) is 13.4. The molecule has 0 aromatic heterocycles. The average Bonchev–Trinajstić information content (AvgIpc) is 2.38. The molecule has 0 atom stereocenters. The van der Waals surface area contributed by atoms with Crippen LogP contribution in [0.3, 0.4) is 0 Å². The van der Waals surface area contributed by atoms with Crippen molar-refractivity contribution in [2.24, 2.45) is 0 Å². The number of rotatable bonds is 4. The van der Waals surface area contributed by atoms with E-state index in [1.54, 1.807) is 0 Å². The largest absolute Gasteiger partial charge is 0.352 e. The van der Waals surface area contributed by atoms with Gasteiger partial charge in [-0.2, -0.15) is 0 Å². The van der Waals surface area contributed by atoms with Crippen molar-refractivity contribution < 1.29 is 4.79 Å². The molecule has 0 bridgehead atoms. The van der Waals surface area contributed by atoms with Gasteiger partial charge in [-0.15, -0.1) is 0 Å². The first-order valence-corrected chi connectivity index (χ1v) is 7.52. The fourth-order valence-electron chi connectivity index (χ4n) is 1.75. The molecule has 0 saturated carbocycles. The second-order valence-electron chi connectivity index (χ2n) is 4.15. The number of carbonyl (C=O) groups excluding carboxylic acids is 1. The molecule has 98 valence electrons. The van der Waals surface area contributed by atoms with Gasteiger partial charge in [-0.25, -0.2) is 0 Å². The van der Waals surface area contributed by atoms with Gasteiger partial charge in [0.05, 0.1) is 0 Å². The molecule has 0 fully saturated rings. The van der Waals surface area contributed by atoms with Gasteiger partial charge >= 0.3 is 0 Å². The van der Waals surface area contributed by atoms with Crippen LogP contribution in [0.5, 0.6) is 0 Å². The highest BCUT2D eigenvalue weighted by atomic mass is 79.9. The molecule has 0 spiro atoms. The molecule has 0 saturated heterocycles. The Labute approximate surface area is 129 Å². The minimum absolute atomic E-state index is 0.0575. The first-order chi connectivity index (χ1) is 9.15. The smallest absolute Gasteiger partial charge is 0.251 e. The zero-order valence-electron chi connectivity index (χ0n) is 10.2. The van der Waals surface area contributed by atoms with Gasteiger partial charge in [0, 0.05) is 21.1 Å². The first-order valence-electron chi connectivity index (χ1n) is 5.93. The Balaban J connectivity index is 1.91. The molecule has 0 aliphatic carbocycles. The van der Waals surface area contributed by atoms with Gasteiger partial charge < -0.3 is 5.32 Å². The summed E-state index contributed by atoms with van der Waals surface area (Å²) in [5.74, 6) is -0.0575. The predicted octanol–water partition coefficient (Wildman–Crippen LogP) is 4.18. The molecule has 4 heteroatoms. The molecule has 0 heterocycles. The van der Waals surface area contributed by atoms with Crippen LogP contribution in [0.15, 0.2) is 57.5 Å². The summed E-state index contributed by atoms with van der Waals surface area (Å²) in [5, 5.41) is 2.92. The van der Waals surface area contributed by atoms with Crippen molar-refractivity contribution in [1.29, 1.82) is 0 Å². The lowest BCUT2D eigenvalue weighted by molar-refractivity contribution is 0.0954. The van der Waals surface area contributed by atoms with Crippen LogP contribution in [0.1, 0.15) is 15.9 Å². The number of nitrogens with one attached hydrogen (secondary N) is 1. The van der Waals surface area contributed by atoms with Crippen LogP contribution in [0.4, 0.5) is 0 Å². The van der Waals surface area contributed by atoms with Gasteiger partial charge in [0.1, 0.15) is 0 Å². The van der Waals surface area contributed by atoms with Gasteiger partial charge in [0.25, 0.3) is 5.91 Å². The average molecular weight is 383 g/mol. The lowest BCUT2D eigenvalue weighted by Crippen LogP contribution is -2.25. The molecule has 0 aliphatic heterocycles. The van der Waals surface area contributed by atoms with Crippen LogP contribution in [0, 0.1) is 0 Å². The van der Waals surface area contributed by atoms with Crippen LogP contribution in [0.25, 0.3) is 0 Å². The monoisotopic (exact) mass is 381 g/mol. The number of halogens is 2. The van der Waals surface area contributed by atoms with E-state index >= 15 is 0 Å². The first kappa shape index (κ1) is 14.3. The van der Waals surface area contributed by atoms with E-state index < -0.39 is 0 Å². The third-order valence-corrected chi connectivity index (χ3v) is 3.58. The molecule has 2 rings (SSSR count). The zero-order chi connectivity index (χ0) is 13.7. The minimum Gasteiger partial charge on any atom is -0.352 e. The van der Waals surface area contributed by atoms with E-state index in [1.165, 1.54) is 5.56 Å². The van der Waals surface area contributed by atoms with Gasteiger partial charge in [0.15, 0.2) is 0 Å². The highest BCUT2D eigenvalue weighted by Gasteiger charge is 2.06. The van der Waals surface area contributed by atoms with Gasteiger partial charge in [0.2, 0.25) is 0 Å². The SMILES string of the molecule is O=C(NCCc1ccccc1)c1cc(Br)cc(Br)c1. The Hall–Kier alpha value is -1.13. The quantitative estimate of drug-likeness (QED) is 0.844. The molecular formula is C15H13Br2NO. The van der Waals surface area contributed by atoms with E-state index in [0.717, 1.165) is 15.4 Å². The molecule has 0 radical (unpaired) electrons. The Kier molecular flexibility index (Phi) is 5.16. The summed E-state index contributed by atoms with van der Waals surface area (Å²) < 4.78 is 1.77. The Bertz CT molecular complexity index is 549. The normalized spacial score (nSPS) is 10.2. The molecule has 0 aliphatic rings. The summed E-state index contributed by atoms with van der Waals surface area (Å²) in [6, 6.07) is 15.6. The maximum Gasteiger partial charge on any atom is 0.251 e. The third kappa shape index (κ3) is 4.48. The maximum absolute atomic E-state index is 12.0. The molecule has 19 heavy (non-hydrogen) atoms. The fourth-order valence-corrected chi connectivity index (χ4v) is 3.05. The second-order valence-corrected chi connectivity index (χ2v) is 5.98. The Morgan fingerprint density at radius 2 is 1.63 bits per heavy atom. The summed E-state index contributed by atoms with van der Waals surface area (Å²) >= 11 is 6.75. The predicted molar refractivity (Wildman–Crippen MR) is 84.3 cm³/mol. The van der Waals surface area contributed by atoms with Crippen LogP contribution < -0.4 is 5.32 Å². The highest BCUT2D eigenvalue weighted by Crippen LogP contribution is 2.19. The lowest BCUT2D eigenvalue weighted by Gasteiger charge is -2.06. The van der Waals surface area contributed by atoms with Gasteiger partial charge in [-0.3, -0.25) is 4.79 Å². The molecular weight excluding hydrogens is 370 g/mol. The number of hydrogen-bond acceptors (Lipinski definition) is 1. The molecule has 2 aromatic carbocycles. The van der Waals surface area contributed by atoms with Crippen LogP contribution >= 0.6 is 31.9 Å². The summed E-state index contributed by atoms with van der Waals surface area (Å²) in [6.45, 7) is 0.632. The molecule has 1 amide bonds. The summed E-state index contributed by atoms with van der Waals surface area (Å²) in [6.07, 6.45) is 0.835. The van der Waals surface area contributed by atoms with Crippen LogP contribution in [-0.2, 0) is 6.42 Å². The van der Waals surface area contributed by atoms with E-state index in [1.807, 2.05) is 36.4 Å². The van der Waals surface area contributed by atoms with Gasteiger partial charge in [-0.05, 0) is 30.2 Å². The number of benzene rings is 2. The second kappa shape index (κ2) is 6.87. The van der Waals surface area contributed by atoms with E-state index in [-0.39, 0.29) is 5.91 Å². The van der Waals surface area contributed by atoms with E-state index in [9.17, 15) is 4.79 Å². The number of amides is 1. The van der Waals surface area contributed by atoms with Crippen molar-refractivity contribution in [2.45, 2.75) is 6.42 Å². The van der Waals surface area contributed by atoms with E-state index in [0.29, 0.717) is 12.1 Å². The van der Waals surface area contributed by atoms with Crippen LogP contribution in [-0.4, -0.2) is 12.5 Å². The van der Waals surface area contributed by atoms with Gasteiger partial charge in [-0.1, -0.05) is 62.2 Å². The summed E-state index contributed by atoms with van der Waals surface area (Å²) in [5.41, 5.74) is 1.87. The topological polar surface area (TPSA) is 29.1 Å². The maximum atomic E-state index is 12.0. The third-order valence-electron chi connectivity index (χ3n) is 2.67. The van der Waals surface area contributed by atoms with Crippen molar-refractivity contribution in [1.82, 2.24) is 5.32 Å². The number of carbonyl (C=O) groups is 1. The highest BCUT2D eigenvalue weighted by molar-refractivity contribution is 9.11. The minimum atomic E-state index is -0.0575. The lowest BCUT2D eigenvalue weighted by atomic mass is 10.1. The van der Waals surface area contributed by atoms with E-state index in [4.69, 9.17) is 0 Å². The van der Waals surface area contributed by atoms with Crippen molar-refractivity contribution in [3.63, 3.8) is 0 Å². The van der Waals surface area contributed by atoms with Crippen molar-refractivity contribution in [3.8, 4) is 0 Å². The van der Waals surface area contributed by atoms with Crippen molar-refractivity contribution >= 4 is 37.8 Å². The summed E-state index contributed by atoms with van der Waals surface area (Å²) in [7, 11) is 0. The summed E-state index contributed by atoms with van der Waals surface area (Å²) in [4.78, 5) is 12.0.